The molecule has 0 radical (unpaired) electrons. The third-order valence-corrected chi connectivity index (χ3v) is 4.03. The predicted octanol–water partition coefficient (Wildman–Crippen LogP) is 1.48. The minimum atomic E-state index is 0.526. The van der Waals surface area contributed by atoms with Gasteiger partial charge in [-0.2, -0.15) is 11.8 Å². The topological polar surface area (TPSA) is 62.4 Å². The van der Waals surface area contributed by atoms with Crippen LogP contribution in [0.3, 0.4) is 0 Å². The molecule has 94 valence electrons. The van der Waals surface area contributed by atoms with Crippen LogP contribution in [0, 0.1) is 0 Å². The second kappa shape index (κ2) is 7.79. The lowest BCUT2D eigenvalue weighted by Gasteiger charge is -2.29. The third-order valence-electron chi connectivity index (χ3n) is 2.93. The zero-order valence-corrected chi connectivity index (χ0v) is 11.1. The Kier molecular flexibility index (Phi) is 6.64. The monoisotopic (exact) mass is 244 g/mol. The van der Waals surface area contributed by atoms with E-state index in [-0.39, 0.29) is 0 Å². The fraction of sp³-hybridized carbons (Fsp3) is 0.909. The summed E-state index contributed by atoms with van der Waals surface area (Å²) < 4.78 is 0. The van der Waals surface area contributed by atoms with Crippen LogP contribution in [0.4, 0.5) is 0 Å². The molecule has 0 aromatic carbocycles. The lowest BCUT2D eigenvalue weighted by atomic mass is 9.95. The SMILES string of the molecule is CCCN=C(NN)NC1CCCC(SC)C1. The Morgan fingerprint density at radius 2 is 2.31 bits per heavy atom. The average Bonchev–Trinajstić information content (AvgIpc) is 2.34. The van der Waals surface area contributed by atoms with Crippen molar-refractivity contribution >= 4 is 17.7 Å². The van der Waals surface area contributed by atoms with Crippen molar-refractivity contribution in [2.45, 2.75) is 50.3 Å². The van der Waals surface area contributed by atoms with Crippen LogP contribution in [0.1, 0.15) is 39.0 Å². The quantitative estimate of drug-likeness (QED) is 0.303. The van der Waals surface area contributed by atoms with E-state index in [0.717, 1.165) is 24.2 Å². The first kappa shape index (κ1) is 13.6. The zero-order chi connectivity index (χ0) is 11.8. The first-order valence-electron chi connectivity index (χ1n) is 6.10. The summed E-state index contributed by atoms with van der Waals surface area (Å²) in [7, 11) is 0. The van der Waals surface area contributed by atoms with Gasteiger partial charge in [0.2, 0.25) is 5.96 Å². The predicted molar refractivity (Wildman–Crippen MR) is 72.6 cm³/mol. The summed E-state index contributed by atoms with van der Waals surface area (Å²) in [6, 6.07) is 0.526. The Bertz CT molecular complexity index is 220. The zero-order valence-electron chi connectivity index (χ0n) is 10.3. The highest BCUT2D eigenvalue weighted by atomic mass is 32.2. The summed E-state index contributed by atoms with van der Waals surface area (Å²) >= 11 is 1.97. The number of nitrogens with one attached hydrogen (secondary N) is 2. The van der Waals surface area contributed by atoms with Crippen molar-refractivity contribution in [2.24, 2.45) is 10.8 Å². The summed E-state index contributed by atoms with van der Waals surface area (Å²) in [5.41, 5.74) is 2.65. The molecule has 0 bridgehead atoms. The van der Waals surface area contributed by atoms with Crippen molar-refractivity contribution in [2.75, 3.05) is 12.8 Å². The van der Waals surface area contributed by atoms with E-state index in [2.05, 4.69) is 28.9 Å². The van der Waals surface area contributed by atoms with E-state index >= 15 is 0 Å². The molecule has 0 spiro atoms. The molecule has 4 N–H and O–H groups in total. The Hall–Kier alpha value is -0.420. The van der Waals surface area contributed by atoms with Gasteiger partial charge in [0, 0.05) is 17.8 Å². The van der Waals surface area contributed by atoms with Gasteiger partial charge in [0.25, 0.3) is 0 Å². The second-order valence-electron chi connectivity index (χ2n) is 4.24. The van der Waals surface area contributed by atoms with Gasteiger partial charge >= 0.3 is 0 Å². The molecule has 2 unspecified atom stereocenters. The van der Waals surface area contributed by atoms with Crippen LogP contribution in [0.2, 0.25) is 0 Å². The summed E-state index contributed by atoms with van der Waals surface area (Å²) in [6.07, 6.45) is 8.33. The van der Waals surface area contributed by atoms with Crippen molar-refractivity contribution in [3.63, 3.8) is 0 Å². The molecule has 1 rings (SSSR count). The number of nitrogens with zero attached hydrogens (tertiary/aromatic N) is 1. The Labute approximate surface area is 103 Å². The summed E-state index contributed by atoms with van der Waals surface area (Å²) in [5, 5.41) is 4.19. The van der Waals surface area contributed by atoms with Gasteiger partial charge in [-0.25, -0.2) is 5.84 Å². The highest BCUT2D eigenvalue weighted by molar-refractivity contribution is 7.99. The second-order valence-corrected chi connectivity index (χ2v) is 5.38. The molecule has 0 saturated heterocycles. The number of hydrogen-bond donors (Lipinski definition) is 3. The Morgan fingerprint density at radius 1 is 1.50 bits per heavy atom. The standard InChI is InChI=1S/C11H24N4S/c1-3-7-13-11(15-12)14-9-5-4-6-10(8-9)16-2/h9-10H,3-8,12H2,1-2H3,(H2,13,14,15). The summed E-state index contributed by atoms with van der Waals surface area (Å²) in [6.45, 7) is 2.94. The third kappa shape index (κ3) is 4.61. The highest BCUT2D eigenvalue weighted by Gasteiger charge is 2.21. The number of guanidine groups is 1. The number of nitrogens with two attached hydrogens (primary N) is 1. The fourth-order valence-corrected chi connectivity index (χ4v) is 2.87. The number of thioether (sulfide) groups is 1. The first-order valence-corrected chi connectivity index (χ1v) is 7.39. The minimum absolute atomic E-state index is 0.526. The molecule has 1 saturated carbocycles. The smallest absolute Gasteiger partial charge is 0.205 e. The molecule has 0 aliphatic heterocycles. The van der Waals surface area contributed by atoms with Gasteiger partial charge in [-0.15, -0.1) is 0 Å². The number of rotatable bonds is 4. The summed E-state index contributed by atoms with van der Waals surface area (Å²) in [5.74, 6) is 6.19. The van der Waals surface area contributed by atoms with E-state index < -0.39 is 0 Å². The van der Waals surface area contributed by atoms with Gasteiger partial charge in [-0.3, -0.25) is 10.4 Å². The molecule has 0 heterocycles. The average molecular weight is 244 g/mol. The first-order chi connectivity index (χ1) is 7.80. The van der Waals surface area contributed by atoms with Crippen LogP contribution in [0.25, 0.3) is 0 Å². The Balaban J connectivity index is 2.38. The fourth-order valence-electron chi connectivity index (χ4n) is 2.04. The van der Waals surface area contributed by atoms with Crippen molar-refractivity contribution in [3.05, 3.63) is 0 Å². The highest BCUT2D eigenvalue weighted by Crippen LogP contribution is 2.26. The number of hydrazine groups is 1. The van der Waals surface area contributed by atoms with E-state index in [4.69, 9.17) is 5.84 Å². The van der Waals surface area contributed by atoms with Crippen molar-refractivity contribution in [3.8, 4) is 0 Å². The number of aliphatic imine (C=N–C) groups is 1. The molecule has 1 aliphatic carbocycles. The maximum Gasteiger partial charge on any atom is 0.205 e. The van der Waals surface area contributed by atoms with Crippen LogP contribution >= 0.6 is 11.8 Å². The molecule has 16 heavy (non-hydrogen) atoms. The van der Waals surface area contributed by atoms with Crippen LogP contribution in [0.5, 0.6) is 0 Å². The minimum Gasteiger partial charge on any atom is -0.353 e. The van der Waals surface area contributed by atoms with Gasteiger partial charge in [-0.05, 0) is 31.9 Å². The molecular weight excluding hydrogens is 220 g/mol. The molecule has 4 nitrogen and oxygen atoms in total. The molecule has 0 amide bonds. The lowest BCUT2D eigenvalue weighted by Crippen LogP contribution is -2.48. The van der Waals surface area contributed by atoms with Crippen LogP contribution in [-0.2, 0) is 0 Å². The van der Waals surface area contributed by atoms with Gasteiger partial charge in [-0.1, -0.05) is 13.3 Å². The molecule has 2 atom stereocenters. The van der Waals surface area contributed by atoms with E-state index in [9.17, 15) is 0 Å². The van der Waals surface area contributed by atoms with Gasteiger partial charge < -0.3 is 5.32 Å². The van der Waals surface area contributed by atoms with E-state index in [1.165, 1.54) is 25.7 Å². The maximum absolute atomic E-state index is 5.45. The largest absolute Gasteiger partial charge is 0.353 e. The summed E-state index contributed by atoms with van der Waals surface area (Å²) in [4.78, 5) is 4.37. The van der Waals surface area contributed by atoms with Crippen molar-refractivity contribution in [1.29, 1.82) is 0 Å². The van der Waals surface area contributed by atoms with Crippen LogP contribution in [-0.4, -0.2) is 30.1 Å². The van der Waals surface area contributed by atoms with Crippen LogP contribution < -0.4 is 16.6 Å². The lowest BCUT2D eigenvalue weighted by molar-refractivity contribution is 0.419. The normalized spacial score (nSPS) is 26.6. The molecule has 0 aromatic heterocycles. The molecular formula is C11H24N4S. The van der Waals surface area contributed by atoms with Crippen LogP contribution in [0.15, 0.2) is 4.99 Å². The van der Waals surface area contributed by atoms with E-state index in [0.29, 0.717) is 6.04 Å². The van der Waals surface area contributed by atoms with Gasteiger partial charge in [0.15, 0.2) is 0 Å². The molecule has 5 heteroatoms. The molecule has 1 aliphatic rings. The van der Waals surface area contributed by atoms with E-state index in [1.807, 2.05) is 11.8 Å². The number of hydrogen-bond acceptors (Lipinski definition) is 3. The van der Waals surface area contributed by atoms with Gasteiger partial charge in [0.05, 0.1) is 0 Å². The Morgan fingerprint density at radius 3 is 2.94 bits per heavy atom. The molecule has 1 fully saturated rings. The van der Waals surface area contributed by atoms with Crippen molar-refractivity contribution in [1.82, 2.24) is 10.7 Å². The maximum atomic E-state index is 5.45. The van der Waals surface area contributed by atoms with E-state index in [1.54, 1.807) is 0 Å². The van der Waals surface area contributed by atoms with Crippen molar-refractivity contribution < 1.29 is 0 Å². The molecule has 0 aromatic rings. The van der Waals surface area contributed by atoms with Gasteiger partial charge in [0.1, 0.15) is 0 Å².